The second kappa shape index (κ2) is 8.58. The van der Waals surface area contributed by atoms with Gasteiger partial charge in [-0.2, -0.15) is 0 Å². The molecule has 6 heteroatoms. The summed E-state index contributed by atoms with van der Waals surface area (Å²) in [5, 5.41) is 2.84. The van der Waals surface area contributed by atoms with E-state index in [0.717, 1.165) is 23.4 Å². The molecular weight excluding hydrogens is 392 g/mol. The zero-order valence-corrected chi connectivity index (χ0v) is 17.9. The number of rotatable bonds is 6. The molecule has 2 amide bonds. The molecule has 1 fully saturated rings. The van der Waals surface area contributed by atoms with Crippen molar-refractivity contribution >= 4 is 46.6 Å². The summed E-state index contributed by atoms with van der Waals surface area (Å²) in [4.78, 5) is 26.7. The van der Waals surface area contributed by atoms with Crippen molar-refractivity contribution < 1.29 is 9.59 Å². The number of amides is 2. The molecule has 1 N–H and O–H groups in total. The Bertz CT molecular complexity index is 867. The van der Waals surface area contributed by atoms with E-state index in [1.165, 1.54) is 5.56 Å². The summed E-state index contributed by atoms with van der Waals surface area (Å²) in [5.41, 5.74) is 3.27. The standard InChI is InChI=1S/C22H25ClN2O2S/c1-4-15-6-5-7-18(12-15)25-19(26)13-28-20(25)16-8-10-17(11-9-16)24-21(27)22(2,3)14-23/h5-12,20H,4,13-14H2,1-3H3,(H,24,27). The number of halogens is 1. The van der Waals surface area contributed by atoms with Crippen LogP contribution in [-0.2, 0) is 16.0 Å². The van der Waals surface area contributed by atoms with Crippen molar-refractivity contribution in [2.45, 2.75) is 32.6 Å². The van der Waals surface area contributed by atoms with Gasteiger partial charge in [0.2, 0.25) is 11.8 Å². The van der Waals surface area contributed by atoms with Crippen LogP contribution in [0.3, 0.4) is 0 Å². The maximum Gasteiger partial charge on any atom is 0.238 e. The molecule has 1 aliphatic rings. The quantitative estimate of drug-likeness (QED) is 0.656. The number of nitrogens with one attached hydrogen (secondary N) is 1. The Morgan fingerprint density at radius 2 is 1.96 bits per heavy atom. The van der Waals surface area contributed by atoms with Gasteiger partial charge in [0, 0.05) is 17.3 Å². The molecule has 1 heterocycles. The first-order valence-corrected chi connectivity index (χ1v) is 10.9. The fourth-order valence-corrected chi connectivity index (χ4v) is 4.27. The Morgan fingerprint density at radius 3 is 2.61 bits per heavy atom. The molecule has 2 aromatic carbocycles. The summed E-state index contributed by atoms with van der Waals surface area (Å²) in [6.07, 6.45) is 0.931. The molecule has 0 bridgehead atoms. The lowest BCUT2D eigenvalue weighted by molar-refractivity contribution is -0.123. The smallest absolute Gasteiger partial charge is 0.238 e. The molecular formula is C22H25ClN2O2S. The van der Waals surface area contributed by atoms with E-state index in [0.29, 0.717) is 5.75 Å². The zero-order valence-electron chi connectivity index (χ0n) is 16.4. The van der Waals surface area contributed by atoms with Gasteiger partial charge in [-0.05, 0) is 55.7 Å². The van der Waals surface area contributed by atoms with E-state index in [1.54, 1.807) is 11.8 Å². The van der Waals surface area contributed by atoms with Crippen LogP contribution in [0.1, 0.15) is 37.3 Å². The van der Waals surface area contributed by atoms with E-state index in [4.69, 9.17) is 11.6 Å². The molecule has 0 aliphatic carbocycles. The minimum absolute atomic E-state index is 0.0661. The summed E-state index contributed by atoms with van der Waals surface area (Å²) in [6, 6.07) is 15.8. The second-order valence-corrected chi connectivity index (χ2v) is 8.88. The third kappa shape index (κ3) is 4.36. The van der Waals surface area contributed by atoms with Gasteiger partial charge in [-0.25, -0.2) is 0 Å². The van der Waals surface area contributed by atoms with Gasteiger partial charge in [-0.3, -0.25) is 14.5 Å². The fraction of sp³-hybridized carbons (Fsp3) is 0.364. The maximum atomic E-state index is 12.5. The van der Waals surface area contributed by atoms with Gasteiger partial charge in [-0.15, -0.1) is 23.4 Å². The highest BCUT2D eigenvalue weighted by atomic mass is 35.5. The van der Waals surface area contributed by atoms with Gasteiger partial charge in [0.25, 0.3) is 0 Å². The number of anilines is 2. The molecule has 1 aliphatic heterocycles. The third-order valence-corrected chi connectivity index (χ3v) is 6.75. The number of aryl methyl sites for hydroxylation is 1. The van der Waals surface area contributed by atoms with Crippen LogP contribution in [-0.4, -0.2) is 23.4 Å². The number of alkyl halides is 1. The number of carbonyl (C=O) groups excluding carboxylic acids is 2. The van der Waals surface area contributed by atoms with Gasteiger partial charge in [0.1, 0.15) is 5.37 Å². The predicted octanol–water partition coefficient (Wildman–Crippen LogP) is 5.23. The van der Waals surface area contributed by atoms with Gasteiger partial charge < -0.3 is 5.32 Å². The Hall–Kier alpha value is -1.98. The van der Waals surface area contributed by atoms with E-state index in [-0.39, 0.29) is 23.1 Å². The molecule has 1 atom stereocenters. The average Bonchev–Trinajstić information content (AvgIpc) is 3.10. The lowest BCUT2D eigenvalue weighted by atomic mass is 9.95. The summed E-state index contributed by atoms with van der Waals surface area (Å²) < 4.78 is 0. The average molecular weight is 417 g/mol. The molecule has 1 unspecified atom stereocenters. The second-order valence-electron chi connectivity index (χ2n) is 7.54. The minimum Gasteiger partial charge on any atom is -0.326 e. The molecule has 0 radical (unpaired) electrons. The summed E-state index contributed by atoms with van der Waals surface area (Å²) in [6.45, 7) is 5.73. The highest BCUT2D eigenvalue weighted by molar-refractivity contribution is 8.00. The van der Waals surface area contributed by atoms with Crippen molar-refractivity contribution in [1.29, 1.82) is 0 Å². The van der Waals surface area contributed by atoms with E-state index in [9.17, 15) is 9.59 Å². The molecule has 2 aromatic rings. The van der Waals surface area contributed by atoms with Crippen LogP contribution in [0, 0.1) is 5.41 Å². The summed E-state index contributed by atoms with van der Waals surface area (Å²) in [7, 11) is 0. The van der Waals surface area contributed by atoms with E-state index < -0.39 is 5.41 Å². The van der Waals surface area contributed by atoms with Crippen LogP contribution < -0.4 is 10.2 Å². The van der Waals surface area contributed by atoms with Crippen LogP contribution >= 0.6 is 23.4 Å². The molecule has 0 aromatic heterocycles. The maximum absolute atomic E-state index is 12.5. The number of hydrogen-bond acceptors (Lipinski definition) is 3. The SMILES string of the molecule is CCc1cccc(N2C(=O)CSC2c2ccc(NC(=O)C(C)(C)CCl)cc2)c1. The summed E-state index contributed by atoms with van der Waals surface area (Å²) >= 11 is 7.49. The highest BCUT2D eigenvalue weighted by Gasteiger charge is 2.34. The molecule has 28 heavy (non-hydrogen) atoms. The van der Waals surface area contributed by atoms with E-state index >= 15 is 0 Å². The number of hydrogen-bond donors (Lipinski definition) is 1. The summed E-state index contributed by atoms with van der Waals surface area (Å²) in [5.74, 6) is 0.718. The van der Waals surface area contributed by atoms with E-state index in [1.807, 2.05) is 55.1 Å². The lowest BCUT2D eigenvalue weighted by Gasteiger charge is -2.25. The number of nitrogens with zero attached hydrogens (tertiary/aromatic N) is 1. The molecule has 3 rings (SSSR count). The first-order chi connectivity index (χ1) is 13.4. The Morgan fingerprint density at radius 1 is 1.25 bits per heavy atom. The van der Waals surface area contributed by atoms with Crippen molar-refractivity contribution in [3.8, 4) is 0 Å². The van der Waals surface area contributed by atoms with Crippen molar-refractivity contribution in [2.24, 2.45) is 5.41 Å². The van der Waals surface area contributed by atoms with Crippen molar-refractivity contribution in [3.05, 3.63) is 59.7 Å². The molecule has 4 nitrogen and oxygen atoms in total. The van der Waals surface area contributed by atoms with Gasteiger partial charge in [0.15, 0.2) is 0 Å². The number of carbonyl (C=O) groups is 2. The monoisotopic (exact) mass is 416 g/mol. The first kappa shape index (κ1) is 20.7. The predicted molar refractivity (Wildman–Crippen MR) is 118 cm³/mol. The van der Waals surface area contributed by atoms with Crippen LogP contribution in [0.5, 0.6) is 0 Å². The molecule has 0 saturated carbocycles. The van der Waals surface area contributed by atoms with Crippen molar-refractivity contribution in [1.82, 2.24) is 0 Å². The highest BCUT2D eigenvalue weighted by Crippen LogP contribution is 2.42. The zero-order chi connectivity index (χ0) is 20.3. The molecule has 1 saturated heterocycles. The topological polar surface area (TPSA) is 49.4 Å². The minimum atomic E-state index is -0.630. The number of benzene rings is 2. The van der Waals surface area contributed by atoms with Crippen LogP contribution in [0.15, 0.2) is 48.5 Å². The number of thioether (sulfide) groups is 1. The van der Waals surface area contributed by atoms with Gasteiger partial charge in [0.05, 0.1) is 11.2 Å². The normalized spacial score (nSPS) is 17.1. The largest absolute Gasteiger partial charge is 0.326 e. The fourth-order valence-electron chi connectivity index (χ4n) is 2.97. The third-order valence-electron chi connectivity index (χ3n) is 4.87. The van der Waals surface area contributed by atoms with Gasteiger partial charge in [-0.1, -0.05) is 31.2 Å². The van der Waals surface area contributed by atoms with Crippen LogP contribution in [0.2, 0.25) is 0 Å². The van der Waals surface area contributed by atoms with Crippen molar-refractivity contribution in [3.63, 3.8) is 0 Å². The Balaban J connectivity index is 1.80. The van der Waals surface area contributed by atoms with Gasteiger partial charge >= 0.3 is 0 Å². The first-order valence-electron chi connectivity index (χ1n) is 9.35. The lowest BCUT2D eigenvalue weighted by Crippen LogP contribution is -2.32. The molecule has 0 spiro atoms. The Labute approximate surface area is 175 Å². The van der Waals surface area contributed by atoms with E-state index in [2.05, 4.69) is 24.4 Å². The molecule has 148 valence electrons. The van der Waals surface area contributed by atoms with Crippen LogP contribution in [0.4, 0.5) is 11.4 Å². The van der Waals surface area contributed by atoms with Crippen LogP contribution in [0.25, 0.3) is 0 Å². The Kier molecular flexibility index (Phi) is 6.36. The van der Waals surface area contributed by atoms with Crippen molar-refractivity contribution in [2.75, 3.05) is 21.8 Å².